The Balaban J connectivity index is 2.94. The molecule has 0 radical (unpaired) electrons. The van der Waals surface area contributed by atoms with Gasteiger partial charge in [0.25, 0.3) is 0 Å². The van der Waals surface area contributed by atoms with Crippen LogP contribution >= 0.6 is 34.8 Å². The van der Waals surface area contributed by atoms with Crippen LogP contribution in [-0.4, -0.2) is 22.2 Å². The molecule has 4 nitrogen and oxygen atoms in total. The zero-order chi connectivity index (χ0) is 13.6. The highest BCUT2D eigenvalue weighted by molar-refractivity contribution is 6.78. The van der Waals surface area contributed by atoms with Crippen LogP contribution in [0.1, 0.15) is 12.5 Å². The molecule has 1 aromatic carbocycles. The van der Waals surface area contributed by atoms with Crippen LogP contribution in [0, 0.1) is 0 Å². The van der Waals surface area contributed by atoms with E-state index >= 15 is 0 Å². The third-order valence-electron chi connectivity index (χ3n) is 1.85. The molecule has 0 aliphatic heterocycles. The van der Waals surface area contributed by atoms with E-state index < -0.39 is 9.89 Å². The second-order valence-corrected chi connectivity index (χ2v) is 5.44. The molecule has 0 aliphatic carbocycles. The van der Waals surface area contributed by atoms with Crippen molar-refractivity contribution in [2.75, 3.05) is 6.61 Å². The first-order valence-corrected chi connectivity index (χ1v) is 6.21. The number of carbonyl (C=O) groups is 1. The first-order chi connectivity index (χ1) is 8.45. The molecule has 0 unspecified atom stereocenters. The average Bonchev–Trinajstić information content (AvgIpc) is 2.29. The molecule has 0 aromatic heterocycles. The van der Waals surface area contributed by atoms with Gasteiger partial charge in [0.1, 0.15) is 5.71 Å². The van der Waals surface area contributed by atoms with E-state index in [4.69, 9.17) is 34.8 Å². The Morgan fingerprint density at radius 3 is 2.44 bits per heavy atom. The number of hydrogen-bond donors (Lipinski definition) is 1. The summed E-state index contributed by atoms with van der Waals surface area (Å²) >= 11 is 17.4. The second-order valence-electron chi connectivity index (χ2n) is 3.16. The zero-order valence-electron chi connectivity index (χ0n) is 9.49. The molecule has 1 amide bonds. The van der Waals surface area contributed by atoms with Gasteiger partial charge in [-0.15, -0.1) is 0 Å². The average molecular weight is 310 g/mol. The Kier molecular flexibility index (Phi) is 5.72. The number of hydrazone groups is 1. The predicted octanol–water partition coefficient (Wildman–Crippen LogP) is 3.51. The highest BCUT2D eigenvalue weighted by Crippen LogP contribution is 2.31. The number of rotatable bonds is 3. The maximum atomic E-state index is 11.1. The van der Waals surface area contributed by atoms with Crippen LogP contribution in [0.25, 0.3) is 0 Å². The first-order valence-electron chi connectivity index (χ1n) is 5.08. The van der Waals surface area contributed by atoms with Crippen LogP contribution in [0.15, 0.2) is 35.4 Å². The predicted molar refractivity (Wildman–Crippen MR) is 73.4 cm³/mol. The Hall–Kier alpha value is -0.970. The van der Waals surface area contributed by atoms with Crippen molar-refractivity contribution in [2.45, 2.75) is 10.7 Å². The Labute approximate surface area is 120 Å². The number of nitrogens with one attached hydrogen (secondary N) is 1. The van der Waals surface area contributed by atoms with Crippen molar-refractivity contribution in [3.63, 3.8) is 0 Å². The number of hydrogen-bond acceptors (Lipinski definition) is 3. The van der Waals surface area contributed by atoms with Gasteiger partial charge in [-0.05, 0) is 6.92 Å². The maximum absolute atomic E-state index is 11.1. The van der Waals surface area contributed by atoms with Gasteiger partial charge in [-0.1, -0.05) is 65.1 Å². The number of benzene rings is 1. The van der Waals surface area contributed by atoms with Gasteiger partial charge < -0.3 is 4.74 Å². The molecule has 0 fully saturated rings. The van der Waals surface area contributed by atoms with Gasteiger partial charge in [0.05, 0.1) is 6.61 Å². The minimum atomic E-state index is -1.75. The SMILES string of the molecule is CCOC(=O)N/N=C(/c1ccccc1)C(Cl)(Cl)Cl. The van der Waals surface area contributed by atoms with Crippen molar-refractivity contribution in [1.82, 2.24) is 5.43 Å². The van der Waals surface area contributed by atoms with Crippen molar-refractivity contribution in [2.24, 2.45) is 5.10 Å². The van der Waals surface area contributed by atoms with Gasteiger partial charge >= 0.3 is 6.09 Å². The number of ether oxygens (including phenoxy) is 1. The lowest BCUT2D eigenvalue weighted by Gasteiger charge is -2.14. The van der Waals surface area contributed by atoms with E-state index in [1.54, 1.807) is 31.2 Å². The summed E-state index contributed by atoms with van der Waals surface area (Å²) in [5.41, 5.74) is 2.87. The lowest BCUT2D eigenvalue weighted by Crippen LogP contribution is -2.27. The van der Waals surface area contributed by atoms with E-state index in [1.807, 2.05) is 6.07 Å². The van der Waals surface area contributed by atoms with Crippen LogP contribution in [0.4, 0.5) is 4.79 Å². The zero-order valence-corrected chi connectivity index (χ0v) is 11.8. The summed E-state index contributed by atoms with van der Waals surface area (Å²) in [6.07, 6.45) is -0.708. The molecule has 0 saturated carbocycles. The van der Waals surface area contributed by atoms with Crippen LogP contribution in [0.5, 0.6) is 0 Å². The largest absolute Gasteiger partial charge is 0.449 e. The normalized spacial score (nSPS) is 12.1. The van der Waals surface area contributed by atoms with Crippen molar-refractivity contribution < 1.29 is 9.53 Å². The lowest BCUT2D eigenvalue weighted by atomic mass is 10.1. The number of nitrogens with zero attached hydrogens (tertiary/aromatic N) is 1. The molecule has 0 aliphatic rings. The minimum absolute atomic E-state index is 0.112. The summed E-state index contributed by atoms with van der Waals surface area (Å²) in [5.74, 6) is 0. The number of amides is 1. The van der Waals surface area contributed by atoms with Crippen LogP contribution < -0.4 is 5.43 Å². The first kappa shape index (κ1) is 15.1. The highest BCUT2D eigenvalue weighted by Gasteiger charge is 2.29. The van der Waals surface area contributed by atoms with E-state index in [0.717, 1.165) is 0 Å². The third-order valence-corrected chi connectivity index (χ3v) is 2.39. The summed E-state index contributed by atoms with van der Waals surface area (Å²) in [6, 6.07) is 8.79. The van der Waals surface area contributed by atoms with E-state index in [2.05, 4.69) is 15.3 Å². The molecule has 1 N–H and O–H groups in total. The molecule has 0 heterocycles. The van der Waals surface area contributed by atoms with Gasteiger partial charge in [-0.25, -0.2) is 10.2 Å². The summed E-state index contributed by atoms with van der Waals surface area (Å²) in [6.45, 7) is 1.91. The summed E-state index contributed by atoms with van der Waals surface area (Å²) in [4.78, 5) is 11.1. The van der Waals surface area contributed by atoms with E-state index in [-0.39, 0.29) is 12.3 Å². The molecule has 98 valence electrons. The maximum Gasteiger partial charge on any atom is 0.427 e. The van der Waals surface area contributed by atoms with Crippen molar-refractivity contribution >= 4 is 46.6 Å². The second kappa shape index (κ2) is 6.83. The van der Waals surface area contributed by atoms with Gasteiger partial charge in [0, 0.05) is 5.56 Å². The number of carbonyl (C=O) groups excluding carboxylic acids is 1. The van der Waals surface area contributed by atoms with Crippen LogP contribution in [-0.2, 0) is 4.74 Å². The van der Waals surface area contributed by atoms with Crippen molar-refractivity contribution in [3.8, 4) is 0 Å². The summed E-state index contributed by atoms with van der Waals surface area (Å²) < 4.78 is 2.91. The van der Waals surface area contributed by atoms with Gasteiger partial charge in [-0.3, -0.25) is 0 Å². The van der Waals surface area contributed by atoms with Crippen molar-refractivity contribution in [1.29, 1.82) is 0 Å². The molecule has 1 rings (SSSR count). The fraction of sp³-hybridized carbons (Fsp3) is 0.273. The molecule has 18 heavy (non-hydrogen) atoms. The van der Waals surface area contributed by atoms with E-state index in [0.29, 0.717) is 5.56 Å². The Bertz CT molecular complexity index is 430. The molecule has 0 saturated heterocycles. The van der Waals surface area contributed by atoms with Gasteiger partial charge in [0.15, 0.2) is 0 Å². The molecule has 1 aromatic rings. The van der Waals surface area contributed by atoms with Crippen LogP contribution in [0.3, 0.4) is 0 Å². The van der Waals surface area contributed by atoms with Gasteiger partial charge in [0.2, 0.25) is 3.79 Å². The van der Waals surface area contributed by atoms with Crippen LogP contribution in [0.2, 0.25) is 0 Å². The molecule has 0 spiro atoms. The fourth-order valence-electron chi connectivity index (χ4n) is 1.15. The third kappa shape index (κ3) is 4.72. The molecular formula is C11H11Cl3N2O2. The minimum Gasteiger partial charge on any atom is -0.449 e. The number of halogens is 3. The van der Waals surface area contributed by atoms with E-state index in [9.17, 15) is 4.79 Å². The topological polar surface area (TPSA) is 50.7 Å². The highest BCUT2D eigenvalue weighted by atomic mass is 35.6. The number of alkyl halides is 3. The Morgan fingerprint density at radius 2 is 1.94 bits per heavy atom. The molecule has 7 heteroatoms. The lowest BCUT2D eigenvalue weighted by molar-refractivity contribution is 0.152. The van der Waals surface area contributed by atoms with E-state index in [1.165, 1.54) is 0 Å². The quantitative estimate of drug-likeness (QED) is 0.528. The summed E-state index contributed by atoms with van der Waals surface area (Å²) in [5, 5.41) is 3.78. The standard InChI is InChI=1S/C11H11Cl3N2O2/c1-2-18-10(17)16-15-9(11(12,13)14)8-6-4-3-5-7-8/h3-7H,2H2,1H3,(H,16,17)/b15-9-. The monoisotopic (exact) mass is 308 g/mol. The molecule has 0 bridgehead atoms. The molecular weight excluding hydrogens is 298 g/mol. The van der Waals surface area contributed by atoms with Crippen molar-refractivity contribution in [3.05, 3.63) is 35.9 Å². The fourth-order valence-corrected chi connectivity index (χ4v) is 1.61. The molecule has 0 atom stereocenters. The van der Waals surface area contributed by atoms with Gasteiger partial charge in [-0.2, -0.15) is 5.10 Å². The summed E-state index contributed by atoms with van der Waals surface area (Å²) in [7, 11) is 0. The Morgan fingerprint density at radius 1 is 1.33 bits per heavy atom. The smallest absolute Gasteiger partial charge is 0.427 e.